The Bertz CT molecular complexity index is 320. The molecular weight excluding hydrogens is 180 g/mol. The number of guanidine groups is 2. The molecule has 0 radical (unpaired) electrons. The van der Waals surface area contributed by atoms with E-state index in [1.807, 2.05) is 18.5 Å². The van der Waals surface area contributed by atoms with E-state index in [1.54, 1.807) is 7.05 Å². The second-order valence-corrected chi connectivity index (χ2v) is 2.66. The maximum Gasteiger partial charge on any atom is 0.221 e. The van der Waals surface area contributed by atoms with E-state index in [0.717, 1.165) is 5.56 Å². The molecule has 0 saturated carbocycles. The van der Waals surface area contributed by atoms with E-state index < -0.39 is 0 Å². The van der Waals surface area contributed by atoms with Crippen LogP contribution in [0.1, 0.15) is 5.56 Å². The molecule has 14 heavy (non-hydrogen) atoms. The van der Waals surface area contributed by atoms with Crippen molar-refractivity contribution in [2.75, 3.05) is 7.05 Å². The Kier molecular flexibility index (Phi) is 3.54. The van der Waals surface area contributed by atoms with Gasteiger partial charge < -0.3 is 21.8 Å². The van der Waals surface area contributed by atoms with Crippen molar-refractivity contribution in [2.24, 2.45) is 21.5 Å². The van der Waals surface area contributed by atoms with Crippen LogP contribution in [0, 0.1) is 0 Å². The third-order valence-corrected chi connectivity index (χ3v) is 1.56. The van der Waals surface area contributed by atoms with E-state index in [2.05, 4.69) is 20.3 Å². The molecule has 6 N–H and O–H groups in total. The van der Waals surface area contributed by atoms with E-state index in [4.69, 9.17) is 11.5 Å². The van der Waals surface area contributed by atoms with Crippen LogP contribution in [0.3, 0.4) is 0 Å². The highest BCUT2D eigenvalue weighted by Gasteiger charge is 1.96. The number of H-pyrrole nitrogens is 1. The molecule has 1 aromatic rings. The number of aliphatic imine (C=N–C) groups is 2. The summed E-state index contributed by atoms with van der Waals surface area (Å²) in [6.07, 6.45) is 3.73. The topological polar surface area (TPSA) is 105 Å². The fourth-order valence-corrected chi connectivity index (χ4v) is 0.940. The Morgan fingerprint density at radius 2 is 2.36 bits per heavy atom. The lowest BCUT2D eigenvalue weighted by Gasteiger charge is -2.03. The molecule has 0 bridgehead atoms. The first-order valence-corrected chi connectivity index (χ1v) is 4.14. The fraction of sp³-hybridized carbons (Fsp3) is 0.250. The summed E-state index contributed by atoms with van der Waals surface area (Å²) in [6.45, 7) is 0.632. The van der Waals surface area contributed by atoms with E-state index >= 15 is 0 Å². The molecule has 0 atom stereocenters. The summed E-state index contributed by atoms with van der Waals surface area (Å²) in [6, 6.07) is 1.95. The van der Waals surface area contributed by atoms with Crippen molar-refractivity contribution >= 4 is 11.9 Å². The highest BCUT2D eigenvalue weighted by atomic mass is 15.2. The van der Waals surface area contributed by atoms with Gasteiger partial charge in [0.1, 0.15) is 0 Å². The van der Waals surface area contributed by atoms with Gasteiger partial charge in [-0.05, 0) is 11.6 Å². The standard InChI is InChI=1S/C8H14N6/c1-11-8(14-7(9)10)13-5-6-2-3-12-4-6/h2-4,12H,5H2,1H3,(H5,9,10,11,13,14). The molecule has 0 fully saturated rings. The van der Waals surface area contributed by atoms with Crippen molar-refractivity contribution in [1.82, 2.24) is 10.3 Å². The van der Waals surface area contributed by atoms with Gasteiger partial charge in [0.2, 0.25) is 5.96 Å². The number of nitrogens with two attached hydrogens (primary N) is 2. The monoisotopic (exact) mass is 194 g/mol. The average molecular weight is 194 g/mol. The van der Waals surface area contributed by atoms with Gasteiger partial charge in [-0.25, -0.2) is 0 Å². The summed E-state index contributed by atoms with van der Waals surface area (Å²) < 4.78 is 0. The number of rotatable bonds is 2. The minimum atomic E-state index is -0.00725. The second-order valence-electron chi connectivity index (χ2n) is 2.66. The number of hydrogen-bond donors (Lipinski definition) is 4. The zero-order valence-corrected chi connectivity index (χ0v) is 7.99. The lowest BCUT2D eigenvalue weighted by molar-refractivity contribution is 0.901. The number of nitrogens with one attached hydrogen (secondary N) is 2. The van der Waals surface area contributed by atoms with Crippen LogP contribution in [0.25, 0.3) is 0 Å². The number of aromatic amines is 1. The minimum absolute atomic E-state index is 0.00725. The van der Waals surface area contributed by atoms with Gasteiger partial charge in [0.25, 0.3) is 0 Å². The fourth-order valence-electron chi connectivity index (χ4n) is 0.940. The van der Waals surface area contributed by atoms with E-state index in [-0.39, 0.29) is 5.96 Å². The molecule has 1 aromatic heterocycles. The molecule has 1 rings (SSSR count). The van der Waals surface area contributed by atoms with E-state index in [0.29, 0.717) is 12.5 Å². The summed E-state index contributed by atoms with van der Waals surface area (Å²) in [7, 11) is 1.62. The predicted octanol–water partition coefficient (Wildman–Crippen LogP) is -0.636. The molecule has 0 aliphatic carbocycles. The van der Waals surface area contributed by atoms with Crippen LogP contribution in [0.15, 0.2) is 28.4 Å². The molecule has 0 amide bonds. The van der Waals surface area contributed by atoms with Crippen molar-refractivity contribution in [3.63, 3.8) is 0 Å². The summed E-state index contributed by atoms with van der Waals surface area (Å²) in [5.74, 6) is 0.415. The number of nitrogens with zero attached hydrogens (tertiary/aromatic N) is 2. The number of hydrogen-bond acceptors (Lipinski definition) is 1. The lowest BCUT2D eigenvalue weighted by Crippen LogP contribution is -2.29. The van der Waals surface area contributed by atoms with Gasteiger partial charge in [0.05, 0.1) is 0 Å². The third kappa shape index (κ3) is 3.18. The van der Waals surface area contributed by atoms with Crippen LogP contribution < -0.4 is 16.8 Å². The Hall–Kier alpha value is -1.98. The molecular formula is C8H14N6. The van der Waals surface area contributed by atoms with E-state index in [9.17, 15) is 0 Å². The largest absolute Gasteiger partial charge is 0.370 e. The van der Waals surface area contributed by atoms with Gasteiger partial charge in [-0.1, -0.05) is 0 Å². The first kappa shape index (κ1) is 10.1. The van der Waals surface area contributed by atoms with Gasteiger partial charge in [0.15, 0.2) is 5.96 Å². The van der Waals surface area contributed by atoms with Crippen LogP contribution >= 0.6 is 0 Å². The van der Waals surface area contributed by atoms with Gasteiger partial charge in [-0.3, -0.25) is 4.99 Å². The Morgan fingerprint density at radius 3 is 2.86 bits per heavy atom. The SMILES string of the molecule is CN=C(N=C(N)N)NCc1cc[nH]c1. The van der Waals surface area contributed by atoms with Gasteiger partial charge >= 0.3 is 0 Å². The molecule has 0 unspecified atom stereocenters. The molecule has 6 heteroatoms. The van der Waals surface area contributed by atoms with Crippen molar-refractivity contribution in [2.45, 2.75) is 6.54 Å². The normalized spacial score (nSPS) is 11.1. The lowest BCUT2D eigenvalue weighted by atomic mass is 10.3. The molecule has 0 aliphatic heterocycles. The molecule has 1 heterocycles. The molecule has 0 aliphatic rings. The molecule has 0 aromatic carbocycles. The summed E-state index contributed by atoms with van der Waals surface area (Å²) in [4.78, 5) is 10.6. The molecule has 76 valence electrons. The van der Waals surface area contributed by atoms with E-state index in [1.165, 1.54) is 0 Å². The average Bonchev–Trinajstić information content (AvgIpc) is 2.64. The van der Waals surface area contributed by atoms with Crippen LogP contribution in [-0.2, 0) is 6.54 Å². The van der Waals surface area contributed by atoms with Crippen molar-refractivity contribution in [3.05, 3.63) is 24.0 Å². The first-order chi connectivity index (χ1) is 6.72. The zero-order chi connectivity index (χ0) is 10.4. The third-order valence-electron chi connectivity index (χ3n) is 1.56. The van der Waals surface area contributed by atoms with Crippen LogP contribution in [0.2, 0.25) is 0 Å². The van der Waals surface area contributed by atoms with Gasteiger partial charge in [0, 0.05) is 26.0 Å². The van der Waals surface area contributed by atoms with Crippen molar-refractivity contribution in [3.8, 4) is 0 Å². The molecule has 6 nitrogen and oxygen atoms in total. The highest BCUT2D eigenvalue weighted by Crippen LogP contribution is 1.94. The maximum absolute atomic E-state index is 5.22. The van der Waals surface area contributed by atoms with Crippen LogP contribution in [0.4, 0.5) is 0 Å². The first-order valence-electron chi connectivity index (χ1n) is 4.14. The Labute approximate surface area is 82.1 Å². The van der Waals surface area contributed by atoms with Gasteiger partial charge in [-0.15, -0.1) is 0 Å². The molecule has 0 spiro atoms. The highest BCUT2D eigenvalue weighted by molar-refractivity contribution is 5.93. The predicted molar refractivity (Wildman–Crippen MR) is 56.8 cm³/mol. The molecule has 0 saturated heterocycles. The quantitative estimate of drug-likeness (QED) is 0.372. The smallest absolute Gasteiger partial charge is 0.221 e. The maximum atomic E-state index is 5.22. The second kappa shape index (κ2) is 4.90. The van der Waals surface area contributed by atoms with Crippen LogP contribution in [-0.4, -0.2) is 24.0 Å². The van der Waals surface area contributed by atoms with Crippen molar-refractivity contribution in [1.29, 1.82) is 0 Å². The zero-order valence-electron chi connectivity index (χ0n) is 7.99. The number of aromatic nitrogens is 1. The Balaban J connectivity index is 2.48. The minimum Gasteiger partial charge on any atom is -0.370 e. The summed E-state index contributed by atoms with van der Waals surface area (Å²) in [5.41, 5.74) is 11.5. The summed E-state index contributed by atoms with van der Waals surface area (Å²) in [5, 5.41) is 2.99. The Morgan fingerprint density at radius 1 is 1.57 bits per heavy atom. The van der Waals surface area contributed by atoms with Gasteiger partial charge in [-0.2, -0.15) is 4.99 Å². The van der Waals surface area contributed by atoms with Crippen LogP contribution in [0.5, 0.6) is 0 Å². The summed E-state index contributed by atoms with van der Waals surface area (Å²) >= 11 is 0. The van der Waals surface area contributed by atoms with Crippen molar-refractivity contribution < 1.29 is 0 Å².